The van der Waals surface area contributed by atoms with E-state index in [-0.39, 0.29) is 11.8 Å². The number of carbonyl (C=O) groups is 2. The van der Waals surface area contributed by atoms with Crippen LogP contribution in [0.25, 0.3) is 0 Å². The van der Waals surface area contributed by atoms with Gasteiger partial charge in [-0.25, -0.2) is 0 Å². The number of hydrogen-bond acceptors (Lipinski definition) is 4. The van der Waals surface area contributed by atoms with Crippen molar-refractivity contribution in [3.8, 4) is 11.5 Å². The third-order valence-corrected chi connectivity index (χ3v) is 5.68. The molecule has 1 unspecified atom stereocenters. The number of unbranched alkanes of at least 4 members (excludes halogenated alkanes) is 1. The molecule has 180 valence electrons. The normalized spacial score (nSPS) is 11.5. The average molecular weight is 455 g/mol. The molecule has 0 aliphatic rings. The Bertz CT molecular complexity index is 867. The van der Waals surface area contributed by atoms with Crippen LogP contribution in [0.5, 0.6) is 11.5 Å². The molecule has 0 fully saturated rings. The van der Waals surface area contributed by atoms with Gasteiger partial charge >= 0.3 is 0 Å². The molecule has 2 aromatic carbocycles. The number of ether oxygens (including phenoxy) is 2. The lowest BCUT2D eigenvalue weighted by atomic mass is 10.1. The van der Waals surface area contributed by atoms with Gasteiger partial charge in [0.15, 0.2) is 0 Å². The van der Waals surface area contributed by atoms with E-state index in [2.05, 4.69) is 12.2 Å². The first-order chi connectivity index (χ1) is 16.0. The number of aryl methyl sites for hydroxylation is 1. The number of methoxy groups -OCH3 is 1. The number of carbonyl (C=O) groups excluding carboxylic acids is 2. The third-order valence-electron chi connectivity index (χ3n) is 5.68. The second kappa shape index (κ2) is 14.2. The van der Waals surface area contributed by atoms with Crippen molar-refractivity contribution in [2.75, 3.05) is 20.3 Å². The zero-order valence-corrected chi connectivity index (χ0v) is 20.4. The summed E-state index contributed by atoms with van der Waals surface area (Å²) in [5.74, 6) is 1.39. The second-order valence-corrected chi connectivity index (χ2v) is 8.14. The zero-order chi connectivity index (χ0) is 24.1. The predicted octanol–water partition coefficient (Wildman–Crippen LogP) is 4.89. The molecule has 0 radical (unpaired) electrons. The summed E-state index contributed by atoms with van der Waals surface area (Å²) in [5, 5.41) is 3.00. The molecule has 0 saturated heterocycles. The van der Waals surface area contributed by atoms with Crippen molar-refractivity contribution in [3.05, 3.63) is 59.7 Å². The van der Waals surface area contributed by atoms with E-state index < -0.39 is 6.04 Å². The van der Waals surface area contributed by atoms with Crippen LogP contribution in [0.2, 0.25) is 0 Å². The third kappa shape index (κ3) is 8.44. The van der Waals surface area contributed by atoms with Crippen LogP contribution in [0.3, 0.4) is 0 Å². The number of hydrogen-bond donors (Lipinski definition) is 1. The van der Waals surface area contributed by atoms with Gasteiger partial charge in [-0.05, 0) is 61.6 Å². The average Bonchev–Trinajstić information content (AvgIpc) is 2.83. The van der Waals surface area contributed by atoms with E-state index in [0.717, 1.165) is 35.5 Å². The van der Waals surface area contributed by atoms with Crippen LogP contribution in [-0.2, 0) is 16.1 Å². The molecule has 0 spiro atoms. The summed E-state index contributed by atoms with van der Waals surface area (Å²) >= 11 is 0. The minimum absolute atomic E-state index is 0.0333. The number of nitrogens with zero attached hydrogens (tertiary/aromatic N) is 1. The fraction of sp³-hybridized carbons (Fsp3) is 0.481. The summed E-state index contributed by atoms with van der Waals surface area (Å²) < 4.78 is 10.9. The van der Waals surface area contributed by atoms with Crippen LogP contribution in [0.1, 0.15) is 57.1 Å². The van der Waals surface area contributed by atoms with Gasteiger partial charge in [0.25, 0.3) is 0 Å². The highest BCUT2D eigenvalue weighted by Crippen LogP contribution is 2.19. The maximum Gasteiger partial charge on any atom is 0.242 e. The van der Waals surface area contributed by atoms with Crippen LogP contribution in [-0.4, -0.2) is 43.0 Å². The van der Waals surface area contributed by atoms with Crippen LogP contribution >= 0.6 is 0 Å². The zero-order valence-electron chi connectivity index (χ0n) is 20.4. The van der Waals surface area contributed by atoms with Gasteiger partial charge < -0.3 is 19.7 Å². The Hall–Kier alpha value is -3.02. The summed E-state index contributed by atoms with van der Waals surface area (Å²) in [4.78, 5) is 27.9. The highest BCUT2D eigenvalue weighted by molar-refractivity contribution is 5.87. The summed E-state index contributed by atoms with van der Waals surface area (Å²) in [5.41, 5.74) is 2.17. The maximum absolute atomic E-state index is 13.3. The molecular formula is C27H38N2O4. The predicted molar refractivity (Wildman–Crippen MR) is 131 cm³/mol. The summed E-state index contributed by atoms with van der Waals surface area (Å²) in [6.07, 6.45) is 3.40. The first kappa shape index (κ1) is 26.2. The Kier molecular flexibility index (Phi) is 11.3. The highest BCUT2D eigenvalue weighted by atomic mass is 16.5. The van der Waals surface area contributed by atoms with Gasteiger partial charge in [-0.1, -0.05) is 44.5 Å². The van der Waals surface area contributed by atoms with E-state index in [9.17, 15) is 9.59 Å². The lowest BCUT2D eigenvalue weighted by Crippen LogP contribution is -2.49. The van der Waals surface area contributed by atoms with Gasteiger partial charge in [0, 0.05) is 19.5 Å². The van der Waals surface area contributed by atoms with Gasteiger partial charge in [0.1, 0.15) is 17.5 Å². The van der Waals surface area contributed by atoms with E-state index in [1.54, 1.807) is 12.0 Å². The van der Waals surface area contributed by atoms with E-state index in [4.69, 9.17) is 9.47 Å². The van der Waals surface area contributed by atoms with Crippen LogP contribution < -0.4 is 14.8 Å². The molecule has 0 aliphatic heterocycles. The maximum atomic E-state index is 13.3. The first-order valence-electron chi connectivity index (χ1n) is 11.9. The SMILES string of the molecule is CCCCNC(=O)C(CC)N(Cc1ccccc1C)C(=O)CCCOc1ccc(OC)cc1. The topological polar surface area (TPSA) is 67.9 Å². The molecule has 2 aromatic rings. The van der Waals surface area contributed by atoms with Crippen molar-refractivity contribution in [2.45, 2.75) is 65.5 Å². The minimum Gasteiger partial charge on any atom is -0.497 e. The second-order valence-electron chi connectivity index (χ2n) is 8.14. The molecule has 6 heteroatoms. The fourth-order valence-corrected chi connectivity index (χ4v) is 3.63. The number of benzene rings is 2. The standard InChI is InChI=1S/C27H38N2O4/c1-5-7-18-28-27(31)25(6-2)29(20-22-12-9-8-11-21(22)3)26(30)13-10-19-33-24-16-14-23(32-4)15-17-24/h8-9,11-12,14-17,25H,5-7,10,13,18-20H2,1-4H3,(H,28,31). The van der Waals surface area contributed by atoms with Gasteiger partial charge in [0.05, 0.1) is 13.7 Å². The monoisotopic (exact) mass is 454 g/mol. The van der Waals surface area contributed by atoms with Crippen molar-refractivity contribution in [2.24, 2.45) is 0 Å². The Morgan fingerprint density at radius 2 is 1.70 bits per heavy atom. The quantitative estimate of drug-likeness (QED) is 0.413. The lowest BCUT2D eigenvalue weighted by Gasteiger charge is -2.31. The van der Waals surface area contributed by atoms with Crippen molar-refractivity contribution >= 4 is 11.8 Å². The van der Waals surface area contributed by atoms with E-state index in [1.807, 2.05) is 62.4 Å². The largest absolute Gasteiger partial charge is 0.497 e. The Morgan fingerprint density at radius 1 is 1.00 bits per heavy atom. The molecule has 33 heavy (non-hydrogen) atoms. The molecule has 1 N–H and O–H groups in total. The van der Waals surface area contributed by atoms with E-state index in [0.29, 0.717) is 39.0 Å². The molecule has 0 aromatic heterocycles. The molecule has 0 heterocycles. The molecule has 0 saturated carbocycles. The van der Waals surface area contributed by atoms with Gasteiger partial charge in [-0.2, -0.15) is 0 Å². The number of nitrogens with one attached hydrogen (secondary N) is 1. The molecule has 2 amide bonds. The van der Waals surface area contributed by atoms with Crippen molar-refractivity contribution in [1.29, 1.82) is 0 Å². The lowest BCUT2D eigenvalue weighted by molar-refractivity contribution is -0.141. The Balaban J connectivity index is 2.02. The summed E-state index contributed by atoms with van der Waals surface area (Å²) in [6.45, 7) is 7.55. The Labute approximate surface area is 198 Å². The first-order valence-corrected chi connectivity index (χ1v) is 11.9. The molecule has 1 atom stereocenters. The number of rotatable bonds is 14. The van der Waals surface area contributed by atoms with Crippen molar-refractivity contribution in [3.63, 3.8) is 0 Å². The summed E-state index contributed by atoms with van der Waals surface area (Å²) in [7, 11) is 1.62. The fourth-order valence-electron chi connectivity index (χ4n) is 3.63. The Morgan fingerprint density at radius 3 is 2.33 bits per heavy atom. The summed E-state index contributed by atoms with van der Waals surface area (Å²) in [6, 6.07) is 14.9. The molecule has 6 nitrogen and oxygen atoms in total. The minimum atomic E-state index is -0.489. The molecule has 0 bridgehead atoms. The smallest absolute Gasteiger partial charge is 0.242 e. The van der Waals surface area contributed by atoms with Crippen LogP contribution in [0.15, 0.2) is 48.5 Å². The number of amides is 2. The van der Waals surface area contributed by atoms with Crippen LogP contribution in [0.4, 0.5) is 0 Å². The van der Waals surface area contributed by atoms with Crippen LogP contribution in [0, 0.1) is 6.92 Å². The van der Waals surface area contributed by atoms with Gasteiger partial charge in [0.2, 0.25) is 11.8 Å². The van der Waals surface area contributed by atoms with Gasteiger partial charge in [-0.15, -0.1) is 0 Å². The molecule has 2 rings (SSSR count). The van der Waals surface area contributed by atoms with E-state index in [1.165, 1.54) is 0 Å². The van der Waals surface area contributed by atoms with Crippen molar-refractivity contribution < 1.29 is 19.1 Å². The highest BCUT2D eigenvalue weighted by Gasteiger charge is 2.28. The van der Waals surface area contributed by atoms with Gasteiger partial charge in [-0.3, -0.25) is 9.59 Å². The van der Waals surface area contributed by atoms with Crippen molar-refractivity contribution in [1.82, 2.24) is 10.2 Å². The van der Waals surface area contributed by atoms with E-state index >= 15 is 0 Å². The molecular weight excluding hydrogens is 416 g/mol. The molecule has 0 aliphatic carbocycles.